The SMILES string of the molecule is CCNCc1cc(OCCc2nccn2C)ccc1Br. The van der Waals surface area contributed by atoms with E-state index in [1.54, 1.807) is 0 Å². The molecule has 4 nitrogen and oxygen atoms in total. The summed E-state index contributed by atoms with van der Waals surface area (Å²) in [4.78, 5) is 4.28. The summed E-state index contributed by atoms with van der Waals surface area (Å²) in [7, 11) is 2.00. The Balaban J connectivity index is 1.91. The summed E-state index contributed by atoms with van der Waals surface area (Å²) in [6, 6.07) is 6.09. The van der Waals surface area contributed by atoms with Crippen molar-refractivity contribution in [1.82, 2.24) is 14.9 Å². The van der Waals surface area contributed by atoms with Gasteiger partial charge in [0, 0.05) is 36.9 Å². The van der Waals surface area contributed by atoms with Crippen molar-refractivity contribution in [1.29, 1.82) is 0 Å². The van der Waals surface area contributed by atoms with Crippen molar-refractivity contribution < 1.29 is 4.74 Å². The lowest BCUT2D eigenvalue weighted by Crippen LogP contribution is -2.12. The second-order valence-electron chi connectivity index (χ2n) is 4.59. The van der Waals surface area contributed by atoms with Crippen LogP contribution in [0.2, 0.25) is 0 Å². The van der Waals surface area contributed by atoms with E-state index < -0.39 is 0 Å². The van der Waals surface area contributed by atoms with Gasteiger partial charge in [-0.3, -0.25) is 0 Å². The van der Waals surface area contributed by atoms with Crippen LogP contribution in [0.25, 0.3) is 0 Å². The third-order valence-electron chi connectivity index (χ3n) is 3.10. The summed E-state index contributed by atoms with van der Waals surface area (Å²) in [5, 5.41) is 3.32. The summed E-state index contributed by atoms with van der Waals surface area (Å²) in [5.41, 5.74) is 1.21. The van der Waals surface area contributed by atoms with E-state index in [2.05, 4.69) is 39.2 Å². The number of hydrogen-bond acceptors (Lipinski definition) is 3. The van der Waals surface area contributed by atoms with Crippen LogP contribution in [-0.4, -0.2) is 22.7 Å². The van der Waals surface area contributed by atoms with Gasteiger partial charge < -0.3 is 14.6 Å². The number of nitrogens with zero attached hydrogens (tertiary/aromatic N) is 2. The van der Waals surface area contributed by atoms with Crippen molar-refractivity contribution in [3.05, 3.63) is 46.5 Å². The normalized spacial score (nSPS) is 10.8. The molecule has 1 aromatic carbocycles. The van der Waals surface area contributed by atoms with E-state index in [0.717, 1.165) is 35.6 Å². The van der Waals surface area contributed by atoms with Gasteiger partial charge in [-0.1, -0.05) is 22.9 Å². The fourth-order valence-corrected chi connectivity index (χ4v) is 2.32. The van der Waals surface area contributed by atoms with Crippen LogP contribution in [0.3, 0.4) is 0 Å². The van der Waals surface area contributed by atoms with Crippen LogP contribution in [0, 0.1) is 0 Å². The number of imidazole rings is 1. The Kier molecular flexibility index (Phi) is 5.61. The predicted octanol–water partition coefficient (Wildman–Crippen LogP) is 2.91. The monoisotopic (exact) mass is 337 g/mol. The van der Waals surface area contributed by atoms with E-state index in [9.17, 15) is 0 Å². The number of aryl methyl sites for hydroxylation is 1. The number of nitrogens with one attached hydrogen (secondary N) is 1. The lowest BCUT2D eigenvalue weighted by Gasteiger charge is -2.10. The molecular formula is C15H20BrN3O. The molecule has 0 bridgehead atoms. The van der Waals surface area contributed by atoms with Gasteiger partial charge in [-0.15, -0.1) is 0 Å². The van der Waals surface area contributed by atoms with Crippen LogP contribution in [0.1, 0.15) is 18.3 Å². The van der Waals surface area contributed by atoms with E-state index in [1.807, 2.05) is 36.1 Å². The van der Waals surface area contributed by atoms with Crippen molar-refractivity contribution in [3.63, 3.8) is 0 Å². The summed E-state index contributed by atoms with van der Waals surface area (Å²) >= 11 is 3.56. The maximum absolute atomic E-state index is 5.81. The molecule has 0 aliphatic heterocycles. The van der Waals surface area contributed by atoms with E-state index in [0.29, 0.717) is 6.61 Å². The number of aromatic nitrogens is 2. The lowest BCUT2D eigenvalue weighted by atomic mass is 10.2. The first kappa shape index (κ1) is 15.1. The third-order valence-corrected chi connectivity index (χ3v) is 3.87. The van der Waals surface area contributed by atoms with Crippen LogP contribution in [0.15, 0.2) is 35.1 Å². The lowest BCUT2D eigenvalue weighted by molar-refractivity contribution is 0.317. The van der Waals surface area contributed by atoms with Gasteiger partial charge in [-0.25, -0.2) is 4.98 Å². The van der Waals surface area contributed by atoms with Gasteiger partial charge in [0.05, 0.1) is 6.61 Å². The maximum atomic E-state index is 5.81. The Morgan fingerprint density at radius 1 is 1.40 bits per heavy atom. The highest BCUT2D eigenvalue weighted by Gasteiger charge is 2.04. The standard InChI is InChI=1S/C15H20BrN3O/c1-3-17-11-12-10-13(4-5-14(12)16)20-9-6-15-18-7-8-19(15)2/h4-5,7-8,10,17H,3,6,9,11H2,1-2H3. The first-order chi connectivity index (χ1) is 9.70. The average Bonchev–Trinajstić information content (AvgIpc) is 2.85. The highest BCUT2D eigenvalue weighted by Crippen LogP contribution is 2.22. The molecular weight excluding hydrogens is 318 g/mol. The van der Waals surface area contributed by atoms with Gasteiger partial charge in [0.1, 0.15) is 11.6 Å². The third kappa shape index (κ3) is 4.08. The van der Waals surface area contributed by atoms with Gasteiger partial charge in [0.15, 0.2) is 0 Å². The van der Waals surface area contributed by atoms with Gasteiger partial charge in [-0.05, 0) is 30.3 Å². The summed E-state index contributed by atoms with van der Waals surface area (Å²) in [6.45, 7) is 4.53. The highest BCUT2D eigenvalue weighted by atomic mass is 79.9. The zero-order chi connectivity index (χ0) is 14.4. The minimum absolute atomic E-state index is 0.632. The minimum atomic E-state index is 0.632. The Morgan fingerprint density at radius 3 is 2.95 bits per heavy atom. The van der Waals surface area contributed by atoms with Crippen molar-refractivity contribution in [2.24, 2.45) is 7.05 Å². The Bertz CT molecular complexity index is 554. The molecule has 0 aliphatic rings. The van der Waals surface area contributed by atoms with Crippen LogP contribution in [0.5, 0.6) is 5.75 Å². The summed E-state index contributed by atoms with van der Waals surface area (Å²) in [5.74, 6) is 1.94. The fourth-order valence-electron chi connectivity index (χ4n) is 1.93. The molecule has 2 rings (SSSR count). The first-order valence-electron chi connectivity index (χ1n) is 6.79. The smallest absolute Gasteiger partial charge is 0.119 e. The molecule has 20 heavy (non-hydrogen) atoms. The predicted molar refractivity (Wildman–Crippen MR) is 83.9 cm³/mol. The molecule has 5 heteroatoms. The first-order valence-corrected chi connectivity index (χ1v) is 7.58. The molecule has 0 spiro atoms. The molecule has 0 radical (unpaired) electrons. The van der Waals surface area contributed by atoms with Crippen LogP contribution in [0.4, 0.5) is 0 Å². The molecule has 0 fully saturated rings. The van der Waals surface area contributed by atoms with Gasteiger partial charge >= 0.3 is 0 Å². The van der Waals surface area contributed by atoms with E-state index in [1.165, 1.54) is 5.56 Å². The fraction of sp³-hybridized carbons (Fsp3) is 0.400. The molecule has 0 atom stereocenters. The van der Waals surface area contributed by atoms with Crippen molar-refractivity contribution in [3.8, 4) is 5.75 Å². The molecule has 0 saturated carbocycles. The van der Waals surface area contributed by atoms with E-state index in [-0.39, 0.29) is 0 Å². The number of rotatable bonds is 7. The highest BCUT2D eigenvalue weighted by molar-refractivity contribution is 9.10. The van der Waals surface area contributed by atoms with E-state index >= 15 is 0 Å². The van der Waals surface area contributed by atoms with Crippen molar-refractivity contribution in [2.45, 2.75) is 19.9 Å². The number of ether oxygens (including phenoxy) is 1. The van der Waals surface area contributed by atoms with Crippen LogP contribution < -0.4 is 10.1 Å². The Morgan fingerprint density at radius 2 is 2.25 bits per heavy atom. The topological polar surface area (TPSA) is 39.1 Å². The number of benzene rings is 1. The second kappa shape index (κ2) is 7.45. The largest absolute Gasteiger partial charge is 0.493 e. The Labute approximate surface area is 128 Å². The molecule has 0 aliphatic carbocycles. The van der Waals surface area contributed by atoms with E-state index in [4.69, 9.17) is 4.74 Å². The summed E-state index contributed by atoms with van der Waals surface area (Å²) < 4.78 is 8.93. The second-order valence-corrected chi connectivity index (χ2v) is 5.44. The maximum Gasteiger partial charge on any atom is 0.119 e. The molecule has 0 amide bonds. The van der Waals surface area contributed by atoms with Crippen LogP contribution >= 0.6 is 15.9 Å². The Hall–Kier alpha value is -1.33. The molecule has 2 aromatic rings. The van der Waals surface area contributed by atoms with Crippen molar-refractivity contribution in [2.75, 3.05) is 13.2 Å². The average molecular weight is 338 g/mol. The molecule has 0 unspecified atom stereocenters. The molecule has 0 saturated heterocycles. The minimum Gasteiger partial charge on any atom is -0.493 e. The molecule has 1 aromatic heterocycles. The zero-order valence-electron chi connectivity index (χ0n) is 11.9. The molecule has 1 N–H and O–H groups in total. The van der Waals surface area contributed by atoms with Gasteiger partial charge in [0.25, 0.3) is 0 Å². The van der Waals surface area contributed by atoms with Gasteiger partial charge in [0.2, 0.25) is 0 Å². The van der Waals surface area contributed by atoms with Crippen LogP contribution in [-0.2, 0) is 20.0 Å². The molecule has 108 valence electrons. The van der Waals surface area contributed by atoms with Gasteiger partial charge in [-0.2, -0.15) is 0 Å². The quantitative estimate of drug-likeness (QED) is 0.844. The zero-order valence-corrected chi connectivity index (χ0v) is 13.5. The molecule has 1 heterocycles. The summed E-state index contributed by atoms with van der Waals surface area (Å²) in [6.07, 6.45) is 4.56. The van der Waals surface area contributed by atoms with Crippen molar-refractivity contribution >= 4 is 15.9 Å². The number of hydrogen-bond donors (Lipinski definition) is 1. The number of halogens is 1.